The molecule has 1 aromatic rings. The van der Waals surface area contributed by atoms with Crippen LogP contribution >= 0.6 is 0 Å². The van der Waals surface area contributed by atoms with Crippen LogP contribution in [-0.2, 0) is 17.8 Å². The number of piperidine rings is 1. The number of ether oxygens (including phenoxy) is 1. The van der Waals surface area contributed by atoms with Crippen molar-refractivity contribution in [2.45, 2.75) is 65.3 Å². The lowest BCUT2D eigenvalue weighted by molar-refractivity contribution is 0.00201. The molecule has 0 aromatic carbocycles. The highest BCUT2D eigenvalue weighted by Gasteiger charge is 2.21. The van der Waals surface area contributed by atoms with Gasteiger partial charge in [-0.1, -0.05) is 0 Å². The summed E-state index contributed by atoms with van der Waals surface area (Å²) in [6.45, 7) is 13.3. The first-order valence-electron chi connectivity index (χ1n) is 8.11. The van der Waals surface area contributed by atoms with E-state index in [9.17, 15) is 0 Å². The number of likely N-dealkylation sites (tertiary alicyclic amines) is 1. The van der Waals surface area contributed by atoms with Crippen LogP contribution in [0.15, 0.2) is 16.7 Å². The van der Waals surface area contributed by atoms with Crippen LogP contribution in [-0.4, -0.2) is 36.2 Å². The van der Waals surface area contributed by atoms with Gasteiger partial charge in [-0.3, -0.25) is 4.90 Å². The topological polar surface area (TPSA) is 37.6 Å². The van der Waals surface area contributed by atoms with Gasteiger partial charge in [0.05, 0.1) is 18.9 Å². The molecular weight excluding hydrogens is 264 g/mol. The van der Waals surface area contributed by atoms with E-state index in [1.165, 1.54) is 18.4 Å². The lowest BCUT2D eigenvalue weighted by atomic mass is 10.1. The van der Waals surface area contributed by atoms with Crippen LogP contribution < -0.4 is 5.32 Å². The molecule has 1 aliphatic heterocycles. The summed E-state index contributed by atoms with van der Waals surface area (Å²) in [5.41, 5.74) is 1.35. The summed E-state index contributed by atoms with van der Waals surface area (Å²) in [7, 11) is 0. The zero-order valence-corrected chi connectivity index (χ0v) is 13.9. The quantitative estimate of drug-likeness (QED) is 0.874. The number of hydrogen-bond donors (Lipinski definition) is 1. The molecule has 0 spiro atoms. The Bertz CT molecular complexity index is 421. The minimum atomic E-state index is 0.134. The molecule has 4 heteroatoms. The lowest BCUT2D eigenvalue weighted by Gasteiger charge is -2.31. The fourth-order valence-corrected chi connectivity index (χ4v) is 2.72. The number of rotatable bonds is 6. The number of nitrogens with one attached hydrogen (secondary N) is 1. The summed E-state index contributed by atoms with van der Waals surface area (Å²) in [5.74, 6) is 1.05. The second-order valence-corrected chi connectivity index (χ2v) is 6.98. The molecule has 1 fully saturated rings. The monoisotopic (exact) mass is 294 g/mol. The molecule has 0 radical (unpaired) electrons. The third-order valence-electron chi connectivity index (χ3n) is 3.77. The predicted molar refractivity (Wildman–Crippen MR) is 85.2 cm³/mol. The molecule has 0 aliphatic carbocycles. The van der Waals surface area contributed by atoms with Crippen molar-refractivity contribution >= 4 is 0 Å². The van der Waals surface area contributed by atoms with Gasteiger partial charge in [0.2, 0.25) is 0 Å². The van der Waals surface area contributed by atoms with Crippen molar-refractivity contribution in [1.29, 1.82) is 0 Å². The molecule has 0 amide bonds. The van der Waals surface area contributed by atoms with E-state index in [4.69, 9.17) is 9.15 Å². The predicted octanol–water partition coefficient (Wildman–Crippen LogP) is 3.17. The summed E-state index contributed by atoms with van der Waals surface area (Å²) in [6.07, 6.45) is 4.66. The highest BCUT2D eigenvalue weighted by Crippen LogP contribution is 2.17. The third-order valence-corrected chi connectivity index (χ3v) is 3.77. The Morgan fingerprint density at radius 2 is 2.24 bits per heavy atom. The first-order chi connectivity index (χ1) is 9.96. The van der Waals surface area contributed by atoms with Gasteiger partial charge in [0.1, 0.15) is 5.76 Å². The largest absolute Gasteiger partial charge is 0.468 e. The molecule has 1 aliphatic rings. The Morgan fingerprint density at radius 3 is 2.95 bits per heavy atom. The van der Waals surface area contributed by atoms with Gasteiger partial charge < -0.3 is 14.5 Å². The number of nitrogens with zero attached hydrogens (tertiary/aromatic N) is 1. The average Bonchev–Trinajstić information content (AvgIpc) is 2.84. The summed E-state index contributed by atoms with van der Waals surface area (Å²) in [6, 6.07) is 2.17. The molecule has 2 heterocycles. The normalized spacial score (nSPS) is 20.9. The SMILES string of the molecule is CCOC1CCCN(Cc2cc(CNC(C)(C)C)co2)C1. The molecule has 1 N–H and O–H groups in total. The van der Waals surface area contributed by atoms with Crippen molar-refractivity contribution in [2.24, 2.45) is 0 Å². The number of hydrogen-bond acceptors (Lipinski definition) is 4. The Labute approximate surface area is 128 Å². The van der Waals surface area contributed by atoms with Crippen molar-refractivity contribution in [1.82, 2.24) is 10.2 Å². The first-order valence-corrected chi connectivity index (χ1v) is 8.11. The maximum Gasteiger partial charge on any atom is 0.118 e. The van der Waals surface area contributed by atoms with E-state index in [0.717, 1.165) is 38.5 Å². The fraction of sp³-hybridized carbons (Fsp3) is 0.765. The summed E-state index contributed by atoms with van der Waals surface area (Å²) < 4.78 is 11.5. The van der Waals surface area contributed by atoms with Gasteiger partial charge in [0.15, 0.2) is 0 Å². The van der Waals surface area contributed by atoms with Gasteiger partial charge >= 0.3 is 0 Å². The summed E-state index contributed by atoms with van der Waals surface area (Å²) >= 11 is 0. The second kappa shape index (κ2) is 7.43. The van der Waals surface area contributed by atoms with Crippen molar-refractivity contribution < 1.29 is 9.15 Å². The van der Waals surface area contributed by atoms with Crippen LogP contribution in [0.5, 0.6) is 0 Å². The van der Waals surface area contributed by atoms with Crippen molar-refractivity contribution in [3.63, 3.8) is 0 Å². The Kier molecular flexibility index (Phi) is 5.85. The maximum atomic E-state index is 5.75. The molecule has 4 nitrogen and oxygen atoms in total. The molecule has 2 rings (SSSR count). The third kappa shape index (κ3) is 5.81. The van der Waals surface area contributed by atoms with Crippen LogP contribution in [0.25, 0.3) is 0 Å². The molecule has 1 aromatic heterocycles. The zero-order chi connectivity index (χ0) is 15.3. The van der Waals surface area contributed by atoms with E-state index in [1.807, 2.05) is 6.26 Å². The molecule has 120 valence electrons. The van der Waals surface area contributed by atoms with E-state index in [0.29, 0.717) is 6.10 Å². The number of furan rings is 1. The minimum absolute atomic E-state index is 0.134. The molecule has 1 unspecified atom stereocenters. The van der Waals surface area contributed by atoms with Crippen molar-refractivity contribution in [3.05, 3.63) is 23.7 Å². The van der Waals surface area contributed by atoms with Gasteiger partial charge in [0.25, 0.3) is 0 Å². The van der Waals surface area contributed by atoms with Crippen LogP contribution in [0.3, 0.4) is 0 Å². The molecule has 1 saturated heterocycles. The van der Waals surface area contributed by atoms with E-state index in [2.05, 4.69) is 44.0 Å². The van der Waals surface area contributed by atoms with Gasteiger partial charge in [-0.25, -0.2) is 0 Å². The maximum absolute atomic E-state index is 5.75. The van der Waals surface area contributed by atoms with E-state index in [1.54, 1.807) is 0 Å². The first kappa shape index (κ1) is 16.5. The molecule has 0 saturated carbocycles. The van der Waals surface area contributed by atoms with E-state index in [-0.39, 0.29) is 5.54 Å². The minimum Gasteiger partial charge on any atom is -0.468 e. The lowest BCUT2D eigenvalue weighted by Crippen LogP contribution is -2.39. The van der Waals surface area contributed by atoms with Crippen molar-refractivity contribution in [2.75, 3.05) is 19.7 Å². The van der Waals surface area contributed by atoms with Crippen LogP contribution in [0, 0.1) is 0 Å². The zero-order valence-electron chi connectivity index (χ0n) is 13.9. The molecular formula is C17H30N2O2. The summed E-state index contributed by atoms with van der Waals surface area (Å²) in [4.78, 5) is 2.43. The Hall–Kier alpha value is -0.840. The fourth-order valence-electron chi connectivity index (χ4n) is 2.72. The van der Waals surface area contributed by atoms with E-state index >= 15 is 0 Å². The molecule has 1 atom stereocenters. The van der Waals surface area contributed by atoms with Gasteiger partial charge in [-0.2, -0.15) is 0 Å². The van der Waals surface area contributed by atoms with E-state index < -0.39 is 0 Å². The van der Waals surface area contributed by atoms with Gasteiger partial charge in [-0.15, -0.1) is 0 Å². The van der Waals surface area contributed by atoms with Crippen LogP contribution in [0.4, 0.5) is 0 Å². The highest BCUT2D eigenvalue weighted by atomic mass is 16.5. The van der Waals surface area contributed by atoms with Crippen molar-refractivity contribution in [3.8, 4) is 0 Å². The molecule has 0 bridgehead atoms. The van der Waals surface area contributed by atoms with Crippen LogP contribution in [0.1, 0.15) is 51.9 Å². The molecule has 21 heavy (non-hydrogen) atoms. The Balaban J connectivity index is 1.81. The van der Waals surface area contributed by atoms with Gasteiger partial charge in [-0.05, 0) is 53.1 Å². The standard InChI is InChI=1S/C17H30N2O2/c1-5-20-15-7-6-8-19(11-15)12-16-9-14(13-21-16)10-18-17(2,3)4/h9,13,15,18H,5-8,10-12H2,1-4H3. The summed E-state index contributed by atoms with van der Waals surface area (Å²) in [5, 5.41) is 3.49. The smallest absolute Gasteiger partial charge is 0.118 e. The van der Waals surface area contributed by atoms with Gasteiger partial charge in [0, 0.05) is 30.8 Å². The second-order valence-electron chi connectivity index (χ2n) is 6.98. The highest BCUT2D eigenvalue weighted by molar-refractivity contribution is 5.13. The average molecular weight is 294 g/mol. The van der Waals surface area contributed by atoms with Crippen LogP contribution in [0.2, 0.25) is 0 Å². The Morgan fingerprint density at radius 1 is 1.43 bits per heavy atom.